The van der Waals surface area contributed by atoms with E-state index in [0.717, 1.165) is 25.7 Å². The molecule has 3 saturated heterocycles. The summed E-state index contributed by atoms with van der Waals surface area (Å²) in [6.07, 6.45) is -7.26. The van der Waals surface area contributed by atoms with Gasteiger partial charge in [0.05, 0.1) is 55.3 Å². The van der Waals surface area contributed by atoms with Gasteiger partial charge in [-0.25, -0.2) is 4.63 Å². The van der Waals surface area contributed by atoms with Crippen LogP contribution in [0.3, 0.4) is 0 Å². The molecular formula is C45H73N5O20. The Morgan fingerprint density at radius 2 is 1.37 bits per heavy atom. The molecule has 0 bridgehead atoms. The quantitative estimate of drug-likeness (QED) is 0.0204. The number of aliphatic hydroxyl groups excluding tert-OH is 10. The lowest BCUT2D eigenvalue weighted by Gasteiger charge is -2.47. The van der Waals surface area contributed by atoms with Gasteiger partial charge in [-0.1, -0.05) is 83.3 Å². The molecule has 1 amide bonds. The zero-order valence-corrected chi connectivity index (χ0v) is 39.4. The van der Waals surface area contributed by atoms with Gasteiger partial charge < -0.3 is 90.1 Å². The lowest BCUT2D eigenvalue weighted by molar-refractivity contribution is -0.383. The molecular weight excluding hydrogens is 931 g/mol. The van der Waals surface area contributed by atoms with Crippen LogP contribution in [0.15, 0.2) is 28.9 Å². The number of anilines is 1. The highest BCUT2D eigenvalue weighted by atomic mass is 16.8. The van der Waals surface area contributed by atoms with E-state index in [1.807, 2.05) is 0 Å². The van der Waals surface area contributed by atoms with Crippen molar-refractivity contribution in [1.82, 2.24) is 15.6 Å². The molecule has 5 rings (SSSR count). The standard InChI is InChI=1S/C45H73N5O20/c1-2-3-4-5-6-7-8-9-10-11-12-13-14-15-28(54)26(47-33(56)18-19-46-25-16-17-27(50(62)63)36-35(25)48-70-49-36)24-64-44-40(60)38(58)43(32(23-53)66-44)69-45-41(61)39(59)42(31(22-52)67-45)68-34-20-29(55)37(57)30(21-51)65-34/h14-17,26,28-32,34,37-46,51-55,57-61H,2-13,18-24H2,1H3,(H,47,56)/b15-14+/t26-,28+,29+,30?,31?,32?,34+,37+,38+,39+,40?,41?,42-,43+,44+,45-/m0/s1. The van der Waals surface area contributed by atoms with Crippen molar-refractivity contribution in [3.8, 4) is 0 Å². The van der Waals surface area contributed by atoms with Crippen molar-refractivity contribution in [2.24, 2.45) is 0 Å². The van der Waals surface area contributed by atoms with Crippen LogP contribution < -0.4 is 10.6 Å². The molecule has 25 heteroatoms. The smallest absolute Gasteiger partial charge is 0.300 e. The second-order valence-electron chi connectivity index (χ2n) is 18.0. The Labute approximate surface area is 404 Å². The van der Waals surface area contributed by atoms with Gasteiger partial charge in [0, 0.05) is 25.5 Å². The number of hydrogen-bond donors (Lipinski definition) is 12. The summed E-state index contributed by atoms with van der Waals surface area (Å²) in [7, 11) is 0. The Kier molecular flexibility index (Phi) is 23.9. The summed E-state index contributed by atoms with van der Waals surface area (Å²) in [5, 5.41) is 131. The number of aromatic nitrogens is 2. The molecule has 2 aromatic rings. The highest BCUT2D eigenvalue weighted by Gasteiger charge is 2.52. The second-order valence-corrected chi connectivity index (χ2v) is 18.0. The van der Waals surface area contributed by atoms with Gasteiger partial charge in [0.1, 0.15) is 61.0 Å². The molecule has 3 aliphatic heterocycles. The molecule has 1 aromatic heterocycles. The Balaban J connectivity index is 1.17. The predicted octanol–water partition coefficient (Wildman–Crippen LogP) is -0.470. The Hall–Kier alpha value is -3.61. The van der Waals surface area contributed by atoms with Gasteiger partial charge in [0.15, 0.2) is 24.4 Å². The minimum atomic E-state index is -1.93. The van der Waals surface area contributed by atoms with E-state index in [0.29, 0.717) is 12.1 Å². The first-order valence-corrected chi connectivity index (χ1v) is 24.3. The van der Waals surface area contributed by atoms with Crippen molar-refractivity contribution in [1.29, 1.82) is 0 Å². The summed E-state index contributed by atoms with van der Waals surface area (Å²) in [6.45, 7) is -0.579. The molecule has 4 heterocycles. The van der Waals surface area contributed by atoms with E-state index in [1.165, 1.54) is 63.2 Å². The number of fused-ring (bicyclic) bond motifs is 1. The number of ether oxygens (including phenoxy) is 6. The number of allylic oxidation sites excluding steroid dienone is 1. The third kappa shape index (κ3) is 15.9. The zero-order chi connectivity index (χ0) is 50.7. The number of nitro groups is 1. The highest BCUT2D eigenvalue weighted by Crippen LogP contribution is 2.33. The molecule has 16 atom stereocenters. The molecule has 70 heavy (non-hydrogen) atoms. The van der Waals surface area contributed by atoms with Crippen LogP contribution in [0, 0.1) is 10.1 Å². The SMILES string of the molecule is CCCCCCCCCCCCC/C=C/[C@@H](O)[C@H](CO[C@@H]1OC(CO)[C@@H](O[C@@H]2OC(CO)[C@H](O[C@@H]3C[C@@H](O)[C@@H](O)C(CO)O3)[C@H](O)C2O)[C@H](O)C1O)NC(=O)CCNc1ccc([N+](=O)[O-])c2nonc12. The molecule has 398 valence electrons. The van der Waals surface area contributed by atoms with Crippen LogP contribution in [0.1, 0.15) is 96.8 Å². The van der Waals surface area contributed by atoms with Crippen LogP contribution in [-0.2, 0) is 33.2 Å². The minimum absolute atomic E-state index is 0.0124. The number of carbonyl (C=O) groups excluding carboxylic acids is 1. The third-order valence-corrected chi connectivity index (χ3v) is 12.7. The van der Waals surface area contributed by atoms with E-state index in [1.54, 1.807) is 6.08 Å². The van der Waals surface area contributed by atoms with Crippen molar-refractivity contribution < 1.29 is 93.8 Å². The maximum Gasteiger partial charge on any atom is 0.300 e. The molecule has 0 saturated carbocycles. The second kappa shape index (κ2) is 29.2. The topological polar surface area (TPSA) is 381 Å². The number of carbonyl (C=O) groups is 1. The Morgan fingerprint density at radius 3 is 2.00 bits per heavy atom. The number of unbranched alkanes of at least 4 members (excludes halogenated alkanes) is 11. The number of nitrogens with one attached hydrogen (secondary N) is 2. The lowest BCUT2D eigenvalue weighted by Crippen LogP contribution is -2.65. The maximum absolute atomic E-state index is 13.3. The summed E-state index contributed by atoms with van der Waals surface area (Å²) >= 11 is 0. The first-order valence-electron chi connectivity index (χ1n) is 24.3. The summed E-state index contributed by atoms with van der Waals surface area (Å²) in [5.74, 6) is -0.554. The molecule has 5 unspecified atom stereocenters. The van der Waals surface area contributed by atoms with Crippen LogP contribution in [-0.4, -0.2) is 203 Å². The molecule has 0 radical (unpaired) electrons. The first-order chi connectivity index (χ1) is 33.7. The van der Waals surface area contributed by atoms with Crippen LogP contribution >= 0.6 is 0 Å². The van der Waals surface area contributed by atoms with Gasteiger partial charge in [-0.15, -0.1) is 0 Å². The first kappa shape index (κ1) is 57.3. The van der Waals surface area contributed by atoms with Gasteiger partial charge in [-0.3, -0.25) is 14.9 Å². The number of hydrogen-bond acceptors (Lipinski definition) is 23. The van der Waals surface area contributed by atoms with Crippen LogP contribution in [0.2, 0.25) is 0 Å². The van der Waals surface area contributed by atoms with Crippen molar-refractivity contribution in [2.75, 3.05) is 38.3 Å². The average Bonchev–Trinajstić information content (AvgIpc) is 3.85. The van der Waals surface area contributed by atoms with Gasteiger partial charge in [0.2, 0.25) is 11.4 Å². The number of amides is 1. The minimum Gasteiger partial charge on any atom is -0.394 e. The Morgan fingerprint density at radius 1 is 0.786 bits per heavy atom. The Bertz CT molecular complexity index is 1880. The molecule has 12 N–H and O–H groups in total. The summed E-state index contributed by atoms with van der Waals surface area (Å²) in [6, 6.07) is 1.48. The molecule has 1 aromatic carbocycles. The summed E-state index contributed by atoms with van der Waals surface area (Å²) in [4.78, 5) is 24.1. The molecule has 0 aliphatic carbocycles. The lowest BCUT2D eigenvalue weighted by atomic mass is 9.96. The normalized spacial score (nSPS) is 31.5. The summed E-state index contributed by atoms with van der Waals surface area (Å²) < 4.78 is 38.9. The fourth-order valence-electron chi connectivity index (χ4n) is 8.63. The fourth-order valence-corrected chi connectivity index (χ4v) is 8.63. The maximum atomic E-state index is 13.3. The highest BCUT2D eigenvalue weighted by molar-refractivity contribution is 5.93. The zero-order valence-electron chi connectivity index (χ0n) is 39.4. The van der Waals surface area contributed by atoms with E-state index in [4.69, 9.17) is 33.1 Å². The van der Waals surface area contributed by atoms with Crippen LogP contribution in [0.4, 0.5) is 11.4 Å². The third-order valence-electron chi connectivity index (χ3n) is 12.7. The van der Waals surface area contributed by atoms with Crippen LogP contribution in [0.25, 0.3) is 11.0 Å². The van der Waals surface area contributed by atoms with Crippen molar-refractivity contribution >= 4 is 28.3 Å². The number of rotatable bonds is 30. The van der Waals surface area contributed by atoms with E-state index < -0.39 is 135 Å². The number of aliphatic hydroxyl groups is 10. The van der Waals surface area contributed by atoms with E-state index in [9.17, 15) is 66.0 Å². The number of non-ortho nitro benzene ring substituents is 1. The molecule has 3 fully saturated rings. The predicted molar refractivity (Wildman–Crippen MR) is 243 cm³/mol. The monoisotopic (exact) mass is 1000 g/mol. The van der Waals surface area contributed by atoms with Crippen LogP contribution in [0.5, 0.6) is 0 Å². The fraction of sp³-hybridized carbons (Fsp3) is 0.800. The van der Waals surface area contributed by atoms with Gasteiger partial charge in [-0.05, 0) is 29.2 Å². The number of nitro benzene ring substituents is 1. The number of nitrogens with zero attached hydrogens (tertiary/aromatic N) is 3. The molecule has 0 spiro atoms. The van der Waals surface area contributed by atoms with Crippen molar-refractivity contribution in [3.05, 3.63) is 34.4 Å². The van der Waals surface area contributed by atoms with Gasteiger partial charge >= 0.3 is 5.69 Å². The van der Waals surface area contributed by atoms with Gasteiger partial charge in [-0.2, -0.15) is 0 Å². The summed E-state index contributed by atoms with van der Waals surface area (Å²) in [5.41, 5.74) is 0.00910. The van der Waals surface area contributed by atoms with E-state index >= 15 is 0 Å². The molecule has 3 aliphatic rings. The van der Waals surface area contributed by atoms with E-state index in [2.05, 4.69) is 27.9 Å². The molecule has 25 nitrogen and oxygen atoms in total. The van der Waals surface area contributed by atoms with Gasteiger partial charge in [0.25, 0.3) is 0 Å². The average molecular weight is 1000 g/mol. The largest absolute Gasteiger partial charge is 0.394 e. The van der Waals surface area contributed by atoms with E-state index in [-0.39, 0.29) is 36.1 Å². The van der Waals surface area contributed by atoms with Crippen molar-refractivity contribution in [3.63, 3.8) is 0 Å². The van der Waals surface area contributed by atoms with Crippen molar-refractivity contribution in [2.45, 2.75) is 195 Å². The number of benzene rings is 1.